The zero-order valence-corrected chi connectivity index (χ0v) is 10.4. The number of carbonyl (C=O) groups excluding carboxylic acids is 1. The van der Waals surface area contributed by atoms with Crippen molar-refractivity contribution in [1.29, 1.82) is 0 Å². The molecule has 1 aliphatic rings. The number of benzene rings is 1. The zero-order valence-electron chi connectivity index (χ0n) is 10.4. The fourth-order valence-electron chi connectivity index (χ4n) is 1.92. The number of phenols is 1. The van der Waals surface area contributed by atoms with Gasteiger partial charge in [0.1, 0.15) is 5.75 Å². The monoisotopic (exact) mass is 248 g/mol. The van der Waals surface area contributed by atoms with E-state index in [1.807, 2.05) is 0 Å². The summed E-state index contributed by atoms with van der Waals surface area (Å²) < 4.78 is 0. The molecule has 2 rings (SSSR count). The molecule has 1 aromatic carbocycles. The number of nitrogens with one attached hydrogen (secondary N) is 1. The Bertz CT molecular complexity index is 399. The van der Waals surface area contributed by atoms with Crippen molar-refractivity contribution in [2.24, 2.45) is 11.7 Å². The maximum Gasteiger partial charge on any atom is 0.237 e. The molecule has 0 aliphatic heterocycles. The first-order valence-corrected chi connectivity index (χ1v) is 6.46. The molecule has 0 heterocycles. The van der Waals surface area contributed by atoms with E-state index in [9.17, 15) is 4.79 Å². The maximum atomic E-state index is 11.7. The van der Waals surface area contributed by atoms with Crippen LogP contribution in [0.4, 0.5) is 0 Å². The average Bonchev–Trinajstić information content (AvgIpc) is 3.16. The summed E-state index contributed by atoms with van der Waals surface area (Å²) in [5, 5.41) is 12.0. The molecule has 0 bridgehead atoms. The predicted molar refractivity (Wildman–Crippen MR) is 70.1 cm³/mol. The Morgan fingerprint density at radius 3 is 2.67 bits per heavy atom. The molecular formula is C14H20N2O2. The van der Waals surface area contributed by atoms with Crippen LogP contribution in [0.1, 0.15) is 24.8 Å². The Kier molecular flexibility index (Phi) is 4.20. The number of hydrogen-bond acceptors (Lipinski definition) is 3. The van der Waals surface area contributed by atoms with E-state index in [0.717, 1.165) is 24.4 Å². The topological polar surface area (TPSA) is 75.3 Å². The summed E-state index contributed by atoms with van der Waals surface area (Å²) in [5.74, 6) is 0.948. The summed E-state index contributed by atoms with van der Waals surface area (Å²) in [6, 6.07) is 6.26. The van der Waals surface area contributed by atoms with Crippen LogP contribution in [0.2, 0.25) is 0 Å². The lowest BCUT2D eigenvalue weighted by Gasteiger charge is -2.12. The Hall–Kier alpha value is -1.55. The quantitative estimate of drug-likeness (QED) is 0.707. The summed E-state index contributed by atoms with van der Waals surface area (Å²) >= 11 is 0. The molecule has 1 fully saturated rings. The van der Waals surface area contributed by atoms with E-state index in [1.54, 1.807) is 24.3 Å². The van der Waals surface area contributed by atoms with Crippen molar-refractivity contribution in [2.75, 3.05) is 6.54 Å². The van der Waals surface area contributed by atoms with Gasteiger partial charge in [0.25, 0.3) is 0 Å². The molecule has 1 aromatic rings. The molecule has 4 N–H and O–H groups in total. The Morgan fingerprint density at radius 2 is 2.06 bits per heavy atom. The van der Waals surface area contributed by atoms with Gasteiger partial charge in [0, 0.05) is 6.54 Å². The number of rotatable bonds is 6. The molecule has 0 aromatic heterocycles. The van der Waals surface area contributed by atoms with Crippen LogP contribution in [0.15, 0.2) is 24.3 Å². The Balaban J connectivity index is 1.73. The molecule has 4 nitrogen and oxygen atoms in total. The van der Waals surface area contributed by atoms with E-state index in [1.165, 1.54) is 12.8 Å². The summed E-state index contributed by atoms with van der Waals surface area (Å²) in [5.41, 5.74) is 6.80. The van der Waals surface area contributed by atoms with E-state index in [2.05, 4.69) is 5.32 Å². The Labute approximate surface area is 107 Å². The lowest BCUT2D eigenvalue weighted by Crippen LogP contribution is -2.42. The normalized spacial score (nSPS) is 16.3. The molecule has 0 spiro atoms. The molecule has 0 unspecified atom stereocenters. The van der Waals surface area contributed by atoms with Crippen LogP contribution in [-0.2, 0) is 11.2 Å². The largest absolute Gasteiger partial charge is 0.508 e. The van der Waals surface area contributed by atoms with Gasteiger partial charge in [-0.2, -0.15) is 0 Å². The number of phenolic OH excluding ortho intramolecular Hbond substituents is 1. The molecule has 98 valence electrons. The third-order valence-corrected chi connectivity index (χ3v) is 3.28. The van der Waals surface area contributed by atoms with Crippen molar-refractivity contribution >= 4 is 5.91 Å². The highest BCUT2D eigenvalue weighted by atomic mass is 16.3. The maximum absolute atomic E-state index is 11.7. The highest BCUT2D eigenvalue weighted by Gasteiger charge is 2.21. The molecule has 1 atom stereocenters. The minimum absolute atomic E-state index is 0.0938. The summed E-state index contributed by atoms with van der Waals surface area (Å²) in [7, 11) is 0. The first-order valence-electron chi connectivity index (χ1n) is 6.46. The summed E-state index contributed by atoms with van der Waals surface area (Å²) in [4.78, 5) is 11.7. The molecule has 0 saturated heterocycles. The van der Waals surface area contributed by atoms with Gasteiger partial charge in [-0.1, -0.05) is 25.0 Å². The van der Waals surface area contributed by atoms with Crippen molar-refractivity contribution in [3.63, 3.8) is 0 Å². The van der Waals surface area contributed by atoms with Crippen LogP contribution in [0, 0.1) is 5.92 Å². The van der Waals surface area contributed by atoms with Crippen LogP contribution in [0.5, 0.6) is 5.75 Å². The standard InChI is InChI=1S/C14H20N2O2/c15-13(9-11-3-5-12(17)6-4-11)14(18)16-8-7-10-1-2-10/h3-6,10,13,17H,1-2,7-9,15H2,(H,16,18)/t13-/m0/s1. The predicted octanol–water partition coefficient (Wildman–Crippen LogP) is 1.18. The van der Waals surface area contributed by atoms with Crippen LogP contribution >= 0.6 is 0 Å². The van der Waals surface area contributed by atoms with Gasteiger partial charge in [0.2, 0.25) is 5.91 Å². The van der Waals surface area contributed by atoms with E-state index < -0.39 is 6.04 Å². The number of carbonyl (C=O) groups is 1. The first kappa shape index (κ1) is 12.9. The Morgan fingerprint density at radius 1 is 1.39 bits per heavy atom. The second-order valence-electron chi connectivity index (χ2n) is 5.00. The van der Waals surface area contributed by atoms with Gasteiger partial charge in [0.15, 0.2) is 0 Å². The first-order chi connectivity index (χ1) is 8.65. The second-order valence-corrected chi connectivity index (χ2v) is 5.00. The van der Waals surface area contributed by atoms with E-state index in [-0.39, 0.29) is 11.7 Å². The number of amides is 1. The van der Waals surface area contributed by atoms with Crippen LogP contribution < -0.4 is 11.1 Å². The zero-order chi connectivity index (χ0) is 13.0. The molecule has 18 heavy (non-hydrogen) atoms. The minimum Gasteiger partial charge on any atom is -0.508 e. The third kappa shape index (κ3) is 4.04. The van der Waals surface area contributed by atoms with Crippen LogP contribution in [0.3, 0.4) is 0 Å². The van der Waals surface area contributed by atoms with Gasteiger partial charge in [0.05, 0.1) is 6.04 Å². The highest BCUT2D eigenvalue weighted by molar-refractivity contribution is 5.81. The summed E-state index contributed by atoms with van der Waals surface area (Å²) in [6.07, 6.45) is 4.16. The third-order valence-electron chi connectivity index (χ3n) is 3.28. The fourth-order valence-corrected chi connectivity index (χ4v) is 1.92. The molecule has 1 saturated carbocycles. The molecule has 1 aliphatic carbocycles. The van der Waals surface area contributed by atoms with Crippen LogP contribution in [0.25, 0.3) is 0 Å². The summed E-state index contributed by atoms with van der Waals surface area (Å²) in [6.45, 7) is 0.729. The SMILES string of the molecule is N[C@@H](Cc1ccc(O)cc1)C(=O)NCCC1CC1. The fraction of sp³-hybridized carbons (Fsp3) is 0.500. The number of nitrogens with two attached hydrogens (primary N) is 1. The lowest BCUT2D eigenvalue weighted by molar-refractivity contribution is -0.122. The van der Waals surface area contributed by atoms with Gasteiger partial charge >= 0.3 is 0 Å². The van der Waals surface area contributed by atoms with Crippen molar-refractivity contribution in [3.8, 4) is 5.75 Å². The van der Waals surface area contributed by atoms with Gasteiger partial charge in [-0.3, -0.25) is 4.79 Å². The molecule has 1 amide bonds. The van der Waals surface area contributed by atoms with E-state index in [4.69, 9.17) is 10.8 Å². The number of aromatic hydroxyl groups is 1. The van der Waals surface area contributed by atoms with Crippen LogP contribution in [-0.4, -0.2) is 23.6 Å². The van der Waals surface area contributed by atoms with Crippen molar-refractivity contribution in [3.05, 3.63) is 29.8 Å². The van der Waals surface area contributed by atoms with Crippen molar-refractivity contribution in [2.45, 2.75) is 31.7 Å². The smallest absolute Gasteiger partial charge is 0.237 e. The lowest BCUT2D eigenvalue weighted by atomic mass is 10.1. The van der Waals surface area contributed by atoms with E-state index >= 15 is 0 Å². The highest BCUT2D eigenvalue weighted by Crippen LogP contribution is 2.31. The molecular weight excluding hydrogens is 228 g/mol. The van der Waals surface area contributed by atoms with Gasteiger partial charge < -0.3 is 16.2 Å². The van der Waals surface area contributed by atoms with Gasteiger partial charge in [-0.05, 0) is 36.5 Å². The molecule has 0 radical (unpaired) electrons. The minimum atomic E-state index is -0.520. The van der Waals surface area contributed by atoms with Gasteiger partial charge in [-0.15, -0.1) is 0 Å². The number of hydrogen-bond donors (Lipinski definition) is 3. The van der Waals surface area contributed by atoms with E-state index in [0.29, 0.717) is 6.42 Å². The molecule has 4 heteroatoms. The van der Waals surface area contributed by atoms with Gasteiger partial charge in [-0.25, -0.2) is 0 Å². The average molecular weight is 248 g/mol. The van der Waals surface area contributed by atoms with Crippen molar-refractivity contribution in [1.82, 2.24) is 5.32 Å². The van der Waals surface area contributed by atoms with Crippen molar-refractivity contribution < 1.29 is 9.90 Å². The second kappa shape index (κ2) is 5.87.